The van der Waals surface area contributed by atoms with Crippen LogP contribution < -0.4 is 4.74 Å². The predicted octanol–water partition coefficient (Wildman–Crippen LogP) is 5.01. The van der Waals surface area contributed by atoms with Gasteiger partial charge in [0.05, 0.1) is 5.56 Å². The summed E-state index contributed by atoms with van der Waals surface area (Å²) in [6, 6.07) is 18.9. The van der Waals surface area contributed by atoms with Gasteiger partial charge < -0.3 is 4.74 Å². The number of rotatable bonds is 3. The Morgan fingerprint density at radius 3 is 2.32 bits per heavy atom. The minimum atomic E-state index is -0.351. The van der Waals surface area contributed by atoms with Crippen LogP contribution in [0.1, 0.15) is 21.5 Å². The summed E-state index contributed by atoms with van der Waals surface area (Å²) in [5, 5.41) is 1.87. The van der Waals surface area contributed by atoms with Gasteiger partial charge in [-0.3, -0.25) is 0 Å². The molecule has 0 aromatic heterocycles. The number of hydrogen-bond acceptors (Lipinski definition) is 2. The number of hydrogen-bond donors (Lipinski definition) is 0. The van der Waals surface area contributed by atoms with Gasteiger partial charge in [-0.1, -0.05) is 60.7 Å². The van der Waals surface area contributed by atoms with E-state index in [1.165, 1.54) is 0 Å². The summed E-state index contributed by atoms with van der Waals surface area (Å²) >= 11 is 0. The second-order valence-corrected chi connectivity index (χ2v) is 5.15. The standard InChI is InChI=1S/C20H16O2/c1-3-15-10-13-19(18-7-5-4-6-17(15)18)20(21)22-16-11-8-14(2)9-12-16/h3-13H,1H2,2H3. The van der Waals surface area contributed by atoms with Crippen molar-refractivity contribution >= 4 is 22.8 Å². The highest BCUT2D eigenvalue weighted by Gasteiger charge is 2.13. The van der Waals surface area contributed by atoms with Crippen molar-refractivity contribution in [1.82, 2.24) is 0 Å². The molecule has 0 aliphatic carbocycles. The quantitative estimate of drug-likeness (QED) is 0.500. The van der Waals surface area contributed by atoms with Gasteiger partial charge in [0.1, 0.15) is 5.75 Å². The van der Waals surface area contributed by atoms with Crippen LogP contribution in [0.4, 0.5) is 0 Å². The summed E-state index contributed by atoms with van der Waals surface area (Å²) in [5.74, 6) is 0.197. The maximum absolute atomic E-state index is 12.5. The molecule has 3 rings (SSSR count). The highest BCUT2D eigenvalue weighted by Crippen LogP contribution is 2.25. The van der Waals surface area contributed by atoms with Crippen molar-refractivity contribution in [3.63, 3.8) is 0 Å². The second-order valence-electron chi connectivity index (χ2n) is 5.15. The minimum absolute atomic E-state index is 0.351. The Bertz CT molecular complexity index is 845. The smallest absolute Gasteiger partial charge is 0.344 e. The summed E-state index contributed by atoms with van der Waals surface area (Å²) in [6.07, 6.45) is 1.79. The first-order valence-corrected chi connectivity index (χ1v) is 7.12. The van der Waals surface area contributed by atoms with Gasteiger partial charge in [0.2, 0.25) is 0 Å². The number of ether oxygens (including phenoxy) is 1. The average molecular weight is 288 g/mol. The maximum Gasteiger partial charge on any atom is 0.344 e. The molecule has 3 aromatic carbocycles. The number of esters is 1. The molecular formula is C20H16O2. The van der Waals surface area contributed by atoms with Crippen LogP contribution in [0.2, 0.25) is 0 Å². The third-order valence-electron chi connectivity index (χ3n) is 3.63. The van der Waals surface area contributed by atoms with Crippen molar-refractivity contribution in [3.8, 4) is 5.75 Å². The predicted molar refractivity (Wildman–Crippen MR) is 90.2 cm³/mol. The molecule has 2 nitrogen and oxygen atoms in total. The SMILES string of the molecule is C=Cc1ccc(C(=O)Oc2ccc(C)cc2)c2ccccc12. The van der Waals surface area contributed by atoms with Gasteiger partial charge in [-0.2, -0.15) is 0 Å². The Labute approximate surface area is 129 Å². The van der Waals surface area contributed by atoms with E-state index in [0.29, 0.717) is 11.3 Å². The summed E-state index contributed by atoms with van der Waals surface area (Å²) in [7, 11) is 0. The lowest BCUT2D eigenvalue weighted by Crippen LogP contribution is -2.09. The molecule has 0 bridgehead atoms. The molecule has 2 heteroatoms. The molecule has 22 heavy (non-hydrogen) atoms. The minimum Gasteiger partial charge on any atom is -0.423 e. The maximum atomic E-state index is 12.5. The molecule has 0 spiro atoms. The molecule has 0 saturated heterocycles. The third-order valence-corrected chi connectivity index (χ3v) is 3.63. The molecule has 0 N–H and O–H groups in total. The largest absolute Gasteiger partial charge is 0.423 e. The van der Waals surface area contributed by atoms with Crippen molar-refractivity contribution in [2.45, 2.75) is 6.92 Å². The van der Waals surface area contributed by atoms with Crippen LogP contribution in [0.5, 0.6) is 5.75 Å². The highest BCUT2D eigenvalue weighted by molar-refractivity contribution is 6.07. The van der Waals surface area contributed by atoms with Crippen molar-refractivity contribution < 1.29 is 9.53 Å². The zero-order chi connectivity index (χ0) is 15.5. The van der Waals surface area contributed by atoms with Gasteiger partial charge >= 0.3 is 5.97 Å². The van der Waals surface area contributed by atoms with E-state index in [9.17, 15) is 4.79 Å². The highest BCUT2D eigenvalue weighted by atomic mass is 16.5. The third kappa shape index (κ3) is 2.63. The van der Waals surface area contributed by atoms with Gasteiger partial charge in [-0.15, -0.1) is 0 Å². The monoisotopic (exact) mass is 288 g/mol. The fourth-order valence-electron chi connectivity index (χ4n) is 2.45. The van der Waals surface area contributed by atoms with Gasteiger partial charge in [0, 0.05) is 0 Å². The van der Waals surface area contributed by atoms with E-state index in [2.05, 4.69) is 6.58 Å². The van der Waals surface area contributed by atoms with Crippen LogP contribution in [-0.4, -0.2) is 5.97 Å². The number of fused-ring (bicyclic) bond motifs is 1. The lowest BCUT2D eigenvalue weighted by atomic mass is 9.99. The Morgan fingerprint density at radius 2 is 1.64 bits per heavy atom. The summed E-state index contributed by atoms with van der Waals surface area (Å²) in [5.41, 5.74) is 2.69. The molecule has 0 saturated carbocycles. The van der Waals surface area contributed by atoms with Crippen LogP contribution in [0.15, 0.2) is 67.2 Å². The molecule has 0 atom stereocenters. The fraction of sp³-hybridized carbons (Fsp3) is 0.0500. The first-order valence-electron chi connectivity index (χ1n) is 7.12. The van der Waals surface area contributed by atoms with Crippen LogP contribution in [-0.2, 0) is 0 Å². The molecule has 0 aliphatic rings. The summed E-state index contributed by atoms with van der Waals surface area (Å²) < 4.78 is 5.47. The van der Waals surface area contributed by atoms with E-state index in [1.807, 2.05) is 49.4 Å². The van der Waals surface area contributed by atoms with E-state index in [0.717, 1.165) is 21.9 Å². The molecule has 0 heterocycles. The van der Waals surface area contributed by atoms with Crippen molar-refractivity contribution in [2.24, 2.45) is 0 Å². The molecule has 108 valence electrons. The summed E-state index contributed by atoms with van der Waals surface area (Å²) in [4.78, 5) is 12.5. The number of aryl methyl sites for hydroxylation is 1. The van der Waals surface area contributed by atoms with Crippen LogP contribution in [0.25, 0.3) is 16.8 Å². The Kier molecular flexibility index (Phi) is 3.75. The molecule has 3 aromatic rings. The van der Waals surface area contributed by atoms with Crippen LogP contribution in [0.3, 0.4) is 0 Å². The fourth-order valence-corrected chi connectivity index (χ4v) is 2.45. The number of benzene rings is 3. The molecule has 0 unspecified atom stereocenters. The number of carbonyl (C=O) groups is 1. The topological polar surface area (TPSA) is 26.3 Å². The second kappa shape index (κ2) is 5.86. The molecule has 0 radical (unpaired) electrons. The van der Waals surface area contributed by atoms with Crippen molar-refractivity contribution in [1.29, 1.82) is 0 Å². The zero-order valence-electron chi connectivity index (χ0n) is 12.4. The first kappa shape index (κ1) is 14.1. The molecule has 0 fully saturated rings. The van der Waals surface area contributed by atoms with E-state index in [-0.39, 0.29) is 5.97 Å². The zero-order valence-corrected chi connectivity index (χ0v) is 12.4. The van der Waals surface area contributed by atoms with E-state index < -0.39 is 0 Å². The van der Waals surface area contributed by atoms with E-state index in [1.54, 1.807) is 24.3 Å². The lowest BCUT2D eigenvalue weighted by Gasteiger charge is -2.09. The van der Waals surface area contributed by atoms with Crippen molar-refractivity contribution in [2.75, 3.05) is 0 Å². The number of carbonyl (C=O) groups excluding carboxylic acids is 1. The average Bonchev–Trinajstić information content (AvgIpc) is 2.56. The van der Waals surface area contributed by atoms with E-state index >= 15 is 0 Å². The van der Waals surface area contributed by atoms with Crippen LogP contribution in [0, 0.1) is 6.92 Å². The lowest BCUT2D eigenvalue weighted by molar-refractivity contribution is 0.0737. The molecular weight excluding hydrogens is 272 g/mol. The normalized spacial score (nSPS) is 10.4. The molecule has 0 amide bonds. The Balaban J connectivity index is 2.01. The Morgan fingerprint density at radius 1 is 0.955 bits per heavy atom. The molecule has 0 aliphatic heterocycles. The first-order chi connectivity index (χ1) is 10.7. The van der Waals surface area contributed by atoms with Gasteiger partial charge in [-0.25, -0.2) is 4.79 Å². The van der Waals surface area contributed by atoms with Crippen molar-refractivity contribution in [3.05, 3.63) is 83.9 Å². The Hall–Kier alpha value is -2.87. The van der Waals surface area contributed by atoms with Gasteiger partial charge in [0.15, 0.2) is 0 Å². The van der Waals surface area contributed by atoms with Crippen LogP contribution >= 0.6 is 0 Å². The van der Waals surface area contributed by atoms with Gasteiger partial charge in [-0.05, 0) is 41.5 Å². The summed E-state index contributed by atoms with van der Waals surface area (Å²) in [6.45, 7) is 5.81. The van der Waals surface area contributed by atoms with Gasteiger partial charge in [0.25, 0.3) is 0 Å². The van der Waals surface area contributed by atoms with E-state index in [4.69, 9.17) is 4.74 Å².